The molecule has 20 heavy (non-hydrogen) atoms. The third-order valence-electron chi connectivity index (χ3n) is 2.90. The van der Waals surface area contributed by atoms with Crippen LogP contribution in [-0.4, -0.2) is 16.5 Å². The first-order valence-corrected chi connectivity index (χ1v) is 6.98. The van der Waals surface area contributed by atoms with Gasteiger partial charge in [0.15, 0.2) is 0 Å². The van der Waals surface area contributed by atoms with Gasteiger partial charge in [-0.25, -0.2) is 0 Å². The second-order valence-electron chi connectivity index (χ2n) is 4.31. The number of nitrogens with zero attached hydrogens (tertiary/aromatic N) is 2. The lowest BCUT2D eigenvalue weighted by atomic mass is 10.1. The first-order chi connectivity index (χ1) is 9.66. The van der Waals surface area contributed by atoms with Crippen molar-refractivity contribution in [1.82, 2.24) is 10.3 Å². The molecule has 2 rings (SSSR count). The van der Waals surface area contributed by atoms with Gasteiger partial charge in [-0.05, 0) is 42.8 Å². The summed E-state index contributed by atoms with van der Waals surface area (Å²) in [5.74, 6) is 0. The molecule has 1 N–H and O–H groups in total. The predicted molar refractivity (Wildman–Crippen MR) is 80.4 cm³/mol. The van der Waals surface area contributed by atoms with E-state index in [1.807, 2.05) is 18.2 Å². The van der Waals surface area contributed by atoms with Crippen LogP contribution in [0.3, 0.4) is 0 Å². The van der Waals surface area contributed by atoms with E-state index < -0.39 is 0 Å². The highest BCUT2D eigenvalue weighted by molar-refractivity contribution is 9.10. The van der Waals surface area contributed by atoms with E-state index in [1.165, 1.54) is 11.6 Å². The van der Waals surface area contributed by atoms with Gasteiger partial charge in [0, 0.05) is 35.0 Å². The Balaban J connectivity index is 1.90. The average molecular weight is 336 g/mol. The monoisotopic (exact) mass is 335 g/mol. The summed E-state index contributed by atoms with van der Waals surface area (Å²) in [5, 5.41) is 14.2. The third-order valence-corrected chi connectivity index (χ3v) is 3.39. The summed E-state index contributed by atoms with van der Waals surface area (Å²) < 4.78 is 0.713. The van der Waals surface area contributed by atoms with Crippen LogP contribution in [0.2, 0.25) is 0 Å². The van der Waals surface area contributed by atoms with Gasteiger partial charge in [0.2, 0.25) is 0 Å². The zero-order valence-electron chi connectivity index (χ0n) is 10.8. The summed E-state index contributed by atoms with van der Waals surface area (Å²) in [6.07, 6.45) is 4.39. The quantitative estimate of drug-likeness (QED) is 0.500. The molecule has 2 aromatic rings. The van der Waals surface area contributed by atoms with Crippen LogP contribution in [0.5, 0.6) is 0 Å². The fraction of sp³-hybridized carbons (Fsp3) is 0.214. The van der Waals surface area contributed by atoms with Crippen molar-refractivity contribution in [2.75, 3.05) is 6.54 Å². The van der Waals surface area contributed by atoms with Crippen molar-refractivity contribution in [2.45, 2.75) is 13.0 Å². The van der Waals surface area contributed by atoms with Crippen molar-refractivity contribution in [3.63, 3.8) is 0 Å². The van der Waals surface area contributed by atoms with Crippen molar-refractivity contribution in [3.05, 3.63) is 68.4 Å². The molecule has 0 fully saturated rings. The van der Waals surface area contributed by atoms with Crippen LogP contribution >= 0.6 is 15.9 Å². The van der Waals surface area contributed by atoms with E-state index in [4.69, 9.17) is 0 Å². The largest absolute Gasteiger partial charge is 0.312 e. The van der Waals surface area contributed by atoms with Crippen molar-refractivity contribution in [3.8, 4) is 0 Å². The first-order valence-electron chi connectivity index (χ1n) is 6.19. The summed E-state index contributed by atoms with van der Waals surface area (Å²) in [6.45, 7) is 1.24. The van der Waals surface area contributed by atoms with Gasteiger partial charge in [-0.1, -0.05) is 15.9 Å². The lowest BCUT2D eigenvalue weighted by Gasteiger charge is -2.06. The highest BCUT2D eigenvalue weighted by atomic mass is 79.9. The number of halogens is 1. The summed E-state index contributed by atoms with van der Waals surface area (Å²) in [4.78, 5) is 14.6. The number of rotatable bonds is 6. The van der Waals surface area contributed by atoms with Crippen LogP contribution < -0.4 is 5.32 Å². The lowest BCUT2D eigenvalue weighted by Crippen LogP contribution is -2.17. The molecule has 0 spiro atoms. The minimum atomic E-state index is -0.357. The van der Waals surface area contributed by atoms with Gasteiger partial charge >= 0.3 is 0 Å². The van der Waals surface area contributed by atoms with E-state index >= 15 is 0 Å². The van der Waals surface area contributed by atoms with Gasteiger partial charge in [-0.2, -0.15) is 0 Å². The Morgan fingerprint density at radius 1 is 1.25 bits per heavy atom. The number of aromatic nitrogens is 1. The zero-order valence-corrected chi connectivity index (χ0v) is 12.3. The van der Waals surface area contributed by atoms with Gasteiger partial charge < -0.3 is 5.32 Å². The number of nitro benzene ring substituents is 1. The molecule has 6 heteroatoms. The molecule has 0 aliphatic carbocycles. The number of pyridine rings is 1. The van der Waals surface area contributed by atoms with Crippen LogP contribution in [0.25, 0.3) is 0 Å². The second-order valence-corrected chi connectivity index (χ2v) is 5.23. The molecule has 0 atom stereocenters. The van der Waals surface area contributed by atoms with E-state index in [0.717, 1.165) is 13.0 Å². The molecule has 0 saturated heterocycles. The SMILES string of the molecule is O=[N+]([O-])c1cc(Br)ccc1CNCCc1ccncc1. The maximum atomic E-state index is 11.0. The van der Waals surface area contributed by atoms with E-state index in [0.29, 0.717) is 16.6 Å². The lowest BCUT2D eigenvalue weighted by molar-refractivity contribution is -0.385. The molecular formula is C14H14BrN3O2. The zero-order chi connectivity index (χ0) is 14.4. The Morgan fingerprint density at radius 3 is 2.70 bits per heavy atom. The molecule has 0 aliphatic heterocycles. The molecule has 104 valence electrons. The van der Waals surface area contributed by atoms with Crippen LogP contribution in [0, 0.1) is 10.1 Å². The number of nitrogens with one attached hydrogen (secondary N) is 1. The maximum Gasteiger partial charge on any atom is 0.275 e. The summed E-state index contributed by atoms with van der Waals surface area (Å²) in [6, 6.07) is 9.03. The molecule has 0 bridgehead atoms. The fourth-order valence-corrected chi connectivity index (χ4v) is 2.21. The van der Waals surface area contributed by atoms with E-state index in [-0.39, 0.29) is 10.6 Å². The Kier molecular flexibility index (Phi) is 5.20. The molecule has 0 unspecified atom stereocenters. The number of hydrogen-bond donors (Lipinski definition) is 1. The predicted octanol–water partition coefficient (Wildman–Crippen LogP) is 3.08. The molecule has 1 aromatic carbocycles. The van der Waals surface area contributed by atoms with Crippen molar-refractivity contribution in [2.24, 2.45) is 0 Å². The summed E-state index contributed by atoms with van der Waals surface area (Å²) >= 11 is 3.25. The van der Waals surface area contributed by atoms with E-state index in [9.17, 15) is 10.1 Å². The standard InChI is InChI=1S/C14H14BrN3O2/c15-13-2-1-12(14(9-13)18(19)20)10-17-8-5-11-3-6-16-7-4-11/h1-4,6-7,9,17H,5,8,10H2. The van der Waals surface area contributed by atoms with Crippen molar-refractivity contribution < 1.29 is 4.92 Å². The Bertz CT molecular complexity index is 590. The fourth-order valence-electron chi connectivity index (χ4n) is 1.86. The highest BCUT2D eigenvalue weighted by Crippen LogP contribution is 2.23. The summed E-state index contributed by atoms with van der Waals surface area (Å²) in [5.41, 5.74) is 2.02. The molecular weight excluding hydrogens is 322 g/mol. The van der Waals surface area contributed by atoms with E-state index in [1.54, 1.807) is 18.5 Å². The van der Waals surface area contributed by atoms with Crippen molar-refractivity contribution in [1.29, 1.82) is 0 Å². The third kappa shape index (κ3) is 4.11. The minimum absolute atomic E-state index is 0.135. The minimum Gasteiger partial charge on any atom is -0.312 e. The number of hydrogen-bond acceptors (Lipinski definition) is 4. The Hall–Kier alpha value is -1.79. The molecule has 0 saturated carbocycles. The molecule has 0 aliphatic rings. The Morgan fingerprint density at radius 2 is 2.00 bits per heavy atom. The second kappa shape index (κ2) is 7.12. The van der Waals surface area contributed by atoms with Gasteiger partial charge in [0.25, 0.3) is 5.69 Å². The van der Waals surface area contributed by atoms with Gasteiger partial charge in [0.1, 0.15) is 0 Å². The average Bonchev–Trinajstić information content (AvgIpc) is 2.45. The van der Waals surface area contributed by atoms with Gasteiger partial charge in [0.05, 0.1) is 4.92 Å². The normalized spacial score (nSPS) is 10.4. The molecule has 5 nitrogen and oxygen atoms in total. The maximum absolute atomic E-state index is 11.0. The molecule has 0 radical (unpaired) electrons. The first kappa shape index (κ1) is 14.6. The van der Waals surface area contributed by atoms with Crippen molar-refractivity contribution >= 4 is 21.6 Å². The summed E-state index contributed by atoms with van der Waals surface area (Å²) in [7, 11) is 0. The highest BCUT2D eigenvalue weighted by Gasteiger charge is 2.13. The van der Waals surface area contributed by atoms with Gasteiger partial charge in [-0.3, -0.25) is 15.1 Å². The van der Waals surface area contributed by atoms with Crippen LogP contribution in [-0.2, 0) is 13.0 Å². The molecule has 0 amide bonds. The van der Waals surface area contributed by atoms with E-state index in [2.05, 4.69) is 26.2 Å². The van der Waals surface area contributed by atoms with Gasteiger partial charge in [-0.15, -0.1) is 0 Å². The number of benzene rings is 1. The molecule has 1 heterocycles. The Labute approximate surface area is 125 Å². The topological polar surface area (TPSA) is 68.1 Å². The van der Waals surface area contributed by atoms with Crippen LogP contribution in [0.15, 0.2) is 47.2 Å². The molecule has 1 aromatic heterocycles. The smallest absolute Gasteiger partial charge is 0.275 e. The number of nitro groups is 1. The van der Waals surface area contributed by atoms with Crippen LogP contribution in [0.1, 0.15) is 11.1 Å². The van der Waals surface area contributed by atoms with Crippen LogP contribution in [0.4, 0.5) is 5.69 Å².